The van der Waals surface area contributed by atoms with Gasteiger partial charge in [-0.3, -0.25) is 0 Å². The highest BCUT2D eigenvalue weighted by Crippen LogP contribution is 2.35. The van der Waals surface area contributed by atoms with Crippen LogP contribution in [0.15, 0.2) is 31.8 Å². The molecule has 0 saturated heterocycles. The van der Waals surface area contributed by atoms with Gasteiger partial charge in [0, 0.05) is 6.04 Å². The summed E-state index contributed by atoms with van der Waals surface area (Å²) in [5, 5.41) is 0. The zero-order chi connectivity index (χ0) is 13.3. The van der Waals surface area contributed by atoms with Gasteiger partial charge < -0.3 is 5.73 Å². The Balaban J connectivity index is 2.18. The summed E-state index contributed by atoms with van der Waals surface area (Å²) in [6.45, 7) is 4.27. The minimum atomic E-state index is 0.0315. The average Bonchev–Trinajstić information content (AvgIpc) is 2.63. The number of rotatable bonds is 3. The molecule has 1 unspecified atom stereocenters. The van der Waals surface area contributed by atoms with Crippen molar-refractivity contribution in [3.8, 4) is 0 Å². The molecular weight excluding hydrogens is 374 g/mol. The van der Waals surface area contributed by atoms with E-state index in [9.17, 15) is 0 Å². The van der Waals surface area contributed by atoms with Crippen LogP contribution in [0.5, 0.6) is 0 Å². The monoisotopic (exact) mass is 387 g/mol. The summed E-state index contributed by atoms with van der Waals surface area (Å²) in [6.07, 6.45) is 0.864. The summed E-state index contributed by atoms with van der Waals surface area (Å²) in [6, 6.07) is 8.68. The van der Waals surface area contributed by atoms with Gasteiger partial charge in [0.2, 0.25) is 0 Å². The molecule has 0 bridgehead atoms. The molecule has 2 aromatic rings. The summed E-state index contributed by atoms with van der Waals surface area (Å²) in [7, 11) is 0. The number of aryl methyl sites for hydroxylation is 2. The fourth-order valence-corrected chi connectivity index (χ4v) is 4.90. The maximum absolute atomic E-state index is 6.29. The van der Waals surface area contributed by atoms with E-state index in [1.54, 1.807) is 11.3 Å². The highest BCUT2D eigenvalue weighted by molar-refractivity contribution is 9.12. The molecule has 0 amide bonds. The Labute approximate surface area is 129 Å². The molecular formula is C14H15Br2NS. The van der Waals surface area contributed by atoms with E-state index >= 15 is 0 Å². The third kappa shape index (κ3) is 3.23. The predicted octanol–water partition coefficient (Wildman–Crippen LogP) is 5.13. The molecule has 0 fully saturated rings. The minimum absolute atomic E-state index is 0.0315. The Morgan fingerprint density at radius 2 is 1.89 bits per heavy atom. The van der Waals surface area contributed by atoms with Crippen molar-refractivity contribution < 1.29 is 0 Å². The molecule has 1 aromatic carbocycles. The van der Waals surface area contributed by atoms with Crippen LogP contribution in [0.25, 0.3) is 0 Å². The number of hydrogen-bond donors (Lipinski definition) is 1. The third-order valence-corrected chi connectivity index (χ3v) is 5.50. The standard InChI is InChI=1S/C14H15Br2NS/c1-8-3-4-10(5-9(8)2)6-12(17)11-7-13(15)18-14(11)16/h3-5,7,12H,6,17H2,1-2H3. The summed E-state index contributed by atoms with van der Waals surface area (Å²) >= 11 is 8.72. The molecule has 0 aliphatic rings. The number of benzene rings is 1. The normalized spacial score (nSPS) is 12.7. The van der Waals surface area contributed by atoms with E-state index in [1.165, 1.54) is 22.3 Å². The van der Waals surface area contributed by atoms with Gasteiger partial charge in [-0.25, -0.2) is 0 Å². The van der Waals surface area contributed by atoms with Crippen LogP contribution in [-0.4, -0.2) is 0 Å². The molecule has 0 aliphatic heterocycles. The Morgan fingerprint density at radius 1 is 1.17 bits per heavy atom. The van der Waals surface area contributed by atoms with Crippen molar-refractivity contribution in [2.45, 2.75) is 26.3 Å². The molecule has 0 radical (unpaired) electrons. The van der Waals surface area contributed by atoms with Gasteiger partial charge in [0.05, 0.1) is 7.57 Å². The molecule has 0 aliphatic carbocycles. The Hall–Kier alpha value is -0.160. The molecule has 0 saturated carbocycles. The first kappa shape index (κ1) is 14.3. The first-order chi connectivity index (χ1) is 8.47. The van der Waals surface area contributed by atoms with E-state index < -0.39 is 0 Å². The van der Waals surface area contributed by atoms with Gasteiger partial charge in [-0.1, -0.05) is 18.2 Å². The molecule has 2 rings (SSSR count). The van der Waals surface area contributed by atoms with Crippen LogP contribution in [-0.2, 0) is 6.42 Å². The second-order valence-corrected chi connectivity index (χ2v) is 8.26. The molecule has 2 N–H and O–H groups in total. The SMILES string of the molecule is Cc1ccc(CC(N)c2cc(Br)sc2Br)cc1C. The topological polar surface area (TPSA) is 26.0 Å². The second kappa shape index (κ2) is 5.87. The average molecular weight is 389 g/mol. The number of halogens is 2. The van der Waals surface area contributed by atoms with Crippen molar-refractivity contribution in [2.24, 2.45) is 5.73 Å². The lowest BCUT2D eigenvalue weighted by molar-refractivity contribution is 0.721. The maximum atomic E-state index is 6.29. The summed E-state index contributed by atoms with van der Waals surface area (Å²) in [4.78, 5) is 0. The van der Waals surface area contributed by atoms with E-state index in [4.69, 9.17) is 5.73 Å². The molecule has 1 aromatic heterocycles. The third-order valence-electron chi connectivity index (χ3n) is 3.11. The van der Waals surface area contributed by atoms with Crippen LogP contribution in [0.3, 0.4) is 0 Å². The lowest BCUT2D eigenvalue weighted by atomic mass is 9.99. The van der Waals surface area contributed by atoms with E-state index in [2.05, 4.69) is 70.0 Å². The zero-order valence-electron chi connectivity index (χ0n) is 10.3. The van der Waals surface area contributed by atoms with Crippen molar-refractivity contribution in [1.29, 1.82) is 0 Å². The summed E-state index contributed by atoms with van der Waals surface area (Å²) in [5.41, 5.74) is 11.4. The van der Waals surface area contributed by atoms with Gasteiger partial charge in [0.25, 0.3) is 0 Å². The lowest BCUT2D eigenvalue weighted by Crippen LogP contribution is -2.13. The van der Waals surface area contributed by atoms with Crippen LogP contribution < -0.4 is 5.73 Å². The summed E-state index contributed by atoms with van der Waals surface area (Å²) < 4.78 is 2.23. The fraction of sp³-hybridized carbons (Fsp3) is 0.286. The molecule has 96 valence electrons. The zero-order valence-corrected chi connectivity index (χ0v) is 14.3. The van der Waals surface area contributed by atoms with E-state index in [0.717, 1.165) is 14.0 Å². The van der Waals surface area contributed by atoms with Crippen molar-refractivity contribution >= 4 is 43.2 Å². The Bertz CT molecular complexity index is 563. The molecule has 0 spiro atoms. The van der Waals surface area contributed by atoms with Gasteiger partial charge in [-0.2, -0.15) is 0 Å². The first-order valence-electron chi connectivity index (χ1n) is 5.74. The molecule has 1 nitrogen and oxygen atoms in total. The number of hydrogen-bond acceptors (Lipinski definition) is 2. The lowest BCUT2D eigenvalue weighted by Gasteiger charge is -2.12. The maximum Gasteiger partial charge on any atom is 0.0758 e. The quantitative estimate of drug-likeness (QED) is 0.774. The molecule has 18 heavy (non-hydrogen) atoms. The van der Waals surface area contributed by atoms with Crippen LogP contribution in [0.2, 0.25) is 0 Å². The van der Waals surface area contributed by atoms with Crippen molar-refractivity contribution in [3.05, 3.63) is 54.1 Å². The predicted molar refractivity (Wildman–Crippen MR) is 86.3 cm³/mol. The highest BCUT2D eigenvalue weighted by Gasteiger charge is 2.14. The largest absolute Gasteiger partial charge is 0.324 e. The molecule has 4 heteroatoms. The highest BCUT2D eigenvalue weighted by atomic mass is 79.9. The van der Waals surface area contributed by atoms with Crippen molar-refractivity contribution in [1.82, 2.24) is 0 Å². The van der Waals surface area contributed by atoms with Gasteiger partial charge in [-0.15, -0.1) is 11.3 Å². The van der Waals surface area contributed by atoms with Gasteiger partial charge in [0.1, 0.15) is 0 Å². The van der Waals surface area contributed by atoms with E-state index in [-0.39, 0.29) is 6.04 Å². The van der Waals surface area contributed by atoms with Crippen molar-refractivity contribution in [2.75, 3.05) is 0 Å². The smallest absolute Gasteiger partial charge is 0.0758 e. The van der Waals surface area contributed by atoms with Gasteiger partial charge >= 0.3 is 0 Å². The van der Waals surface area contributed by atoms with Gasteiger partial charge in [-0.05, 0) is 80.4 Å². The second-order valence-electron chi connectivity index (χ2n) is 4.51. The summed E-state index contributed by atoms with van der Waals surface area (Å²) in [5.74, 6) is 0. The van der Waals surface area contributed by atoms with E-state index in [1.807, 2.05) is 0 Å². The van der Waals surface area contributed by atoms with Crippen LogP contribution in [0, 0.1) is 13.8 Å². The fourth-order valence-electron chi connectivity index (χ4n) is 1.90. The Kier molecular flexibility index (Phi) is 4.64. The van der Waals surface area contributed by atoms with E-state index in [0.29, 0.717) is 0 Å². The molecule has 1 heterocycles. The van der Waals surface area contributed by atoms with Crippen molar-refractivity contribution in [3.63, 3.8) is 0 Å². The van der Waals surface area contributed by atoms with Crippen LogP contribution in [0.4, 0.5) is 0 Å². The number of nitrogens with two attached hydrogens (primary N) is 1. The molecule has 1 atom stereocenters. The first-order valence-corrected chi connectivity index (χ1v) is 8.14. The minimum Gasteiger partial charge on any atom is -0.324 e. The number of thiophene rings is 1. The van der Waals surface area contributed by atoms with Crippen LogP contribution in [0.1, 0.15) is 28.3 Å². The van der Waals surface area contributed by atoms with Crippen LogP contribution >= 0.6 is 43.2 Å². The Morgan fingerprint density at radius 3 is 2.44 bits per heavy atom. The van der Waals surface area contributed by atoms with Gasteiger partial charge in [0.15, 0.2) is 0 Å².